The van der Waals surface area contributed by atoms with Gasteiger partial charge in [0.2, 0.25) is 15.9 Å². The van der Waals surface area contributed by atoms with E-state index in [-0.39, 0.29) is 17.2 Å². The van der Waals surface area contributed by atoms with E-state index in [1.165, 1.54) is 4.31 Å². The Labute approximate surface area is 181 Å². The Bertz CT molecular complexity index is 958. The minimum atomic E-state index is -3.72. The number of sulfonamides is 1. The number of benzene rings is 2. The highest BCUT2D eigenvalue weighted by molar-refractivity contribution is 9.10. The van der Waals surface area contributed by atoms with Crippen LogP contribution in [0.1, 0.15) is 43.9 Å². The smallest absolute Gasteiger partial charge is 0.243 e. The molecule has 1 aliphatic heterocycles. The number of carbonyl (C=O) groups excluding carboxylic acids is 1. The number of hydrogen-bond acceptors (Lipinski definition) is 3. The summed E-state index contributed by atoms with van der Waals surface area (Å²) in [6.07, 6.45) is 1.65. The molecule has 0 saturated carbocycles. The summed E-state index contributed by atoms with van der Waals surface area (Å²) in [6, 6.07) is 13.9. The van der Waals surface area contributed by atoms with Gasteiger partial charge in [-0.25, -0.2) is 8.42 Å². The number of rotatable bonds is 7. The van der Waals surface area contributed by atoms with Gasteiger partial charge in [0.05, 0.1) is 10.9 Å². The molecule has 0 saturated heterocycles. The number of halogens is 1. The summed E-state index contributed by atoms with van der Waals surface area (Å²) in [4.78, 5) is 12.9. The summed E-state index contributed by atoms with van der Waals surface area (Å²) in [5.74, 6) is 0.378. The predicted molar refractivity (Wildman–Crippen MR) is 118 cm³/mol. The second-order valence-electron chi connectivity index (χ2n) is 7.77. The van der Waals surface area contributed by atoms with Crippen molar-refractivity contribution in [3.63, 3.8) is 0 Å². The minimum absolute atomic E-state index is 0.116. The molecule has 1 unspecified atom stereocenters. The van der Waals surface area contributed by atoms with Crippen LogP contribution in [0.4, 0.5) is 0 Å². The molecule has 0 radical (unpaired) electrons. The van der Waals surface area contributed by atoms with Crippen LogP contribution in [0.2, 0.25) is 0 Å². The zero-order valence-electron chi connectivity index (χ0n) is 16.8. The lowest BCUT2D eigenvalue weighted by molar-refractivity contribution is -0.122. The van der Waals surface area contributed by atoms with Gasteiger partial charge >= 0.3 is 0 Å². The Morgan fingerprint density at radius 1 is 1.17 bits per heavy atom. The van der Waals surface area contributed by atoms with E-state index in [4.69, 9.17) is 0 Å². The van der Waals surface area contributed by atoms with Gasteiger partial charge in [-0.05, 0) is 54.2 Å². The van der Waals surface area contributed by atoms with Gasteiger partial charge in [0.15, 0.2) is 0 Å². The average Bonchev–Trinajstić information content (AvgIpc) is 2.68. The van der Waals surface area contributed by atoms with E-state index in [0.29, 0.717) is 25.4 Å². The molecule has 1 heterocycles. The highest BCUT2D eigenvalue weighted by Crippen LogP contribution is 2.36. The third-order valence-electron chi connectivity index (χ3n) is 5.21. The van der Waals surface area contributed by atoms with Crippen LogP contribution in [0, 0.1) is 5.92 Å². The van der Waals surface area contributed by atoms with Crippen molar-refractivity contribution in [2.75, 3.05) is 13.1 Å². The normalized spacial score (nSPS) is 17.2. The molecule has 0 aromatic heterocycles. The molecular weight excluding hydrogens is 452 g/mol. The Kier molecular flexibility index (Phi) is 7.14. The zero-order chi connectivity index (χ0) is 21.0. The SMILES string of the molecule is CC(C)CCNC(=O)CC1c2ccccc2CCN1S(=O)(=O)c1ccc(Br)cc1. The topological polar surface area (TPSA) is 66.5 Å². The molecule has 29 heavy (non-hydrogen) atoms. The predicted octanol–water partition coefficient (Wildman–Crippen LogP) is 4.29. The Morgan fingerprint density at radius 2 is 1.86 bits per heavy atom. The van der Waals surface area contributed by atoms with Crippen LogP contribution >= 0.6 is 15.9 Å². The van der Waals surface area contributed by atoms with Crippen LogP contribution in [-0.4, -0.2) is 31.7 Å². The lowest BCUT2D eigenvalue weighted by Crippen LogP contribution is -2.42. The number of amides is 1. The molecule has 1 atom stereocenters. The Balaban J connectivity index is 1.89. The fourth-order valence-corrected chi connectivity index (χ4v) is 5.49. The summed E-state index contributed by atoms with van der Waals surface area (Å²) in [5.41, 5.74) is 2.02. The molecule has 156 valence electrons. The van der Waals surface area contributed by atoms with Crippen molar-refractivity contribution in [3.05, 3.63) is 64.1 Å². The maximum Gasteiger partial charge on any atom is 0.243 e. The number of nitrogens with one attached hydrogen (secondary N) is 1. The molecular formula is C22H27BrN2O3S. The molecule has 0 fully saturated rings. The highest BCUT2D eigenvalue weighted by atomic mass is 79.9. The molecule has 0 aliphatic carbocycles. The number of fused-ring (bicyclic) bond motifs is 1. The van der Waals surface area contributed by atoms with Crippen LogP contribution in [0.15, 0.2) is 57.9 Å². The monoisotopic (exact) mass is 478 g/mol. The van der Waals surface area contributed by atoms with Gasteiger partial charge in [-0.1, -0.05) is 54.0 Å². The van der Waals surface area contributed by atoms with Gasteiger partial charge in [0.1, 0.15) is 0 Å². The van der Waals surface area contributed by atoms with Gasteiger partial charge in [-0.15, -0.1) is 0 Å². The number of nitrogens with zero attached hydrogens (tertiary/aromatic N) is 1. The second-order valence-corrected chi connectivity index (χ2v) is 10.6. The number of carbonyl (C=O) groups is 1. The molecule has 0 spiro atoms. The van der Waals surface area contributed by atoms with E-state index in [0.717, 1.165) is 22.0 Å². The molecule has 2 aromatic carbocycles. The minimum Gasteiger partial charge on any atom is -0.356 e. The van der Waals surface area contributed by atoms with Gasteiger partial charge in [0.25, 0.3) is 0 Å². The molecule has 5 nitrogen and oxygen atoms in total. The molecule has 7 heteroatoms. The summed E-state index contributed by atoms with van der Waals surface area (Å²) in [5, 5.41) is 2.94. The molecule has 3 rings (SSSR count). The van der Waals surface area contributed by atoms with Crippen molar-refractivity contribution in [1.29, 1.82) is 0 Å². The molecule has 0 bridgehead atoms. The first-order chi connectivity index (χ1) is 13.8. The Morgan fingerprint density at radius 3 is 2.55 bits per heavy atom. The summed E-state index contributed by atoms with van der Waals surface area (Å²) in [7, 11) is -3.72. The summed E-state index contributed by atoms with van der Waals surface area (Å²) >= 11 is 3.35. The van der Waals surface area contributed by atoms with Crippen molar-refractivity contribution in [3.8, 4) is 0 Å². The van der Waals surface area contributed by atoms with E-state index in [1.807, 2.05) is 24.3 Å². The van der Waals surface area contributed by atoms with Crippen molar-refractivity contribution < 1.29 is 13.2 Å². The van der Waals surface area contributed by atoms with E-state index in [1.54, 1.807) is 24.3 Å². The van der Waals surface area contributed by atoms with Gasteiger partial charge < -0.3 is 5.32 Å². The molecule has 1 amide bonds. The lowest BCUT2D eigenvalue weighted by atomic mass is 9.92. The highest BCUT2D eigenvalue weighted by Gasteiger charge is 2.37. The standard InChI is InChI=1S/C22H27BrN2O3S/c1-16(2)11-13-24-22(26)15-21-20-6-4-3-5-17(20)12-14-25(21)29(27,28)19-9-7-18(23)8-10-19/h3-10,16,21H,11-15H2,1-2H3,(H,24,26). The molecule has 1 aliphatic rings. The van der Waals surface area contributed by atoms with Crippen LogP contribution in [-0.2, 0) is 21.2 Å². The lowest BCUT2D eigenvalue weighted by Gasteiger charge is -2.36. The van der Waals surface area contributed by atoms with E-state index in [9.17, 15) is 13.2 Å². The van der Waals surface area contributed by atoms with E-state index in [2.05, 4.69) is 35.1 Å². The van der Waals surface area contributed by atoms with Crippen molar-refractivity contribution >= 4 is 31.9 Å². The van der Waals surface area contributed by atoms with Gasteiger partial charge in [-0.2, -0.15) is 4.31 Å². The summed E-state index contributed by atoms with van der Waals surface area (Å²) in [6.45, 7) is 5.18. The second kappa shape index (κ2) is 9.41. The summed E-state index contributed by atoms with van der Waals surface area (Å²) < 4.78 is 29.1. The molecule has 2 aromatic rings. The van der Waals surface area contributed by atoms with Crippen LogP contribution < -0.4 is 5.32 Å². The first-order valence-electron chi connectivity index (χ1n) is 9.91. The van der Waals surface area contributed by atoms with E-state index >= 15 is 0 Å². The third-order valence-corrected chi connectivity index (χ3v) is 7.66. The maximum atomic E-state index is 13.4. The van der Waals surface area contributed by atoms with Crippen molar-refractivity contribution in [2.24, 2.45) is 5.92 Å². The van der Waals surface area contributed by atoms with Gasteiger partial charge in [0, 0.05) is 24.0 Å². The fraction of sp³-hybridized carbons (Fsp3) is 0.409. The van der Waals surface area contributed by atoms with Crippen LogP contribution in [0.25, 0.3) is 0 Å². The van der Waals surface area contributed by atoms with Gasteiger partial charge in [-0.3, -0.25) is 4.79 Å². The van der Waals surface area contributed by atoms with E-state index < -0.39 is 16.1 Å². The van der Waals surface area contributed by atoms with Crippen molar-refractivity contribution in [1.82, 2.24) is 9.62 Å². The largest absolute Gasteiger partial charge is 0.356 e. The number of hydrogen-bond donors (Lipinski definition) is 1. The average molecular weight is 479 g/mol. The van der Waals surface area contributed by atoms with Crippen LogP contribution in [0.5, 0.6) is 0 Å². The zero-order valence-corrected chi connectivity index (χ0v) is 19.2. The first kappa shape index (κ1) is 22.0. The van der Waals surface area contributed by atoms with Crippen molar-refractivity contribution in [2.45, 2.75) is 44.0 Å². The maximum absolute atomic E-state index is 13.4. The molecule has 1 N–H and O–H groups in total. The Hall–Kier alpha value is -1.70. The third kappa shape index (κ3) is 5.27. The van der Waals surface area contributed by atoms with Crippen LogP contribution in [0.3, 0.4) is 0 Å². The fourth-order valence-electron chi connectivity index (χ4n) is 3.62. The quantitative estimate of drug-likeness (QED) is 0.645. The first-order valence-corrected chi connectivity index (χ1v) is 12.1.